The number of benzene rings is 1. The van der Waals surface area contributed by atoms with E-state index in [0.717, 1.165) is 80.3 Å². The average molecular weight is 848 g/mol. The van der Waals surface area contributed by atoms with Crippen LogP contribution in [0.5, 0.6) is 0 Å². The summed E-state index contributed by atoms with van der Waals surface area (Å²) >= 11 is 0. The Morgan fingerprint density at radius 1 is 1.00 bits per heavy atom. The van der Waals surface area contributed by atoms with Crippen molar-refractivity contribution in [2.45, 2.75) is 82.9 Å². The van der Waals surface area contributed by atoms with E-state index in [9.17, 15) is 23.2 Å². The van der Waals surface area contributed by atoms with Crippen molar-refractivity contribution in [1.82, 2.24) is 44.5 Å². The van der Waals surface area contributed by atoms with E-state index in [-0.39, 0.29) is 41.3 Å². The summed E-state index contributed by atoms with van der Waals surface area (Å²) in [6.07, 6.45) is 9.72. The number of halogens is 2. The molecule has 4 fully saturated rings. The highest BCUT2D eigenvalue weighted by molar-refractivity contribution is 6.08. The molecule has 3 aliphatic heterocycles. The second kappa shape index (κ2) is 17.9. The number of nitrogens with zero attached hydrogens (tertiary/aromatic N) is 9. The Morgan fingerprint density at radius 3 is 2.60 bits per heavy atom. The molecular formula is C45H51F2N11O4. The molecule has 3 saturated heterocycles. The standard InChI is InChI=1S/C45H51F2N11O4/c1-28-27-62-29(2)24-56(28)39-14-16-57-43(51-39)37(23-49-57)45(61)50-38-26-58(53-41(38)42(46)47)32-10-8-30(9-11-32)25-55-19-17-54(18-20-55)15-4-6-31-5-3-7-33-35(31)21-48-22-36(33)34-12-13-40(59)52-44(34)60/h3,5,7,14,16,21-23,26,28-30,32,34,42H,8-13,15,17-20,24-25,27H2,1-2H3,(H,50,61)(H,52,59,60)/t28-,29?,30?,32?,34?/m1/s1. The maximum Gasteiger partial charge on any atom is 0.284 e. The van der Waals surface area contributed by atoms with Crippen molar-refractivity contribution in [3.63, 3.8) is 0 Å². The van der Waals surface area contributed by atoms with E-state index in [1.54, 1.807) is 29.5 Å². The predicted molar refractivity (Wildman–Crippen MR) is 228 cm³/mol. The number of pyridine rings is 1. The van der Waals surface area contributed by atoms with Crippen molar-refractivity contribution < 1.29 is 27.9 Å². The summed E-state index contributed by atoms with van der Waals surface area (Å²) in [5.41, 5.74) is 1.76. The van der Waals surface area contributed by atoms with Gasteiger partial charge in [-0.05, 0) is 75.0 Å². The largest absolute Gasteiger partial charge is 0.375 e. The Morgan fingerprint density at radius 2 is 1.81 bits per heavy atom. The molecule has 5 aromatic rings. The minimum Gasteiger partial charge on any atom is -0.375 e. The van der Waals surface area contributed by atoms with Crippen molar-refractivity contribution in [3.05, 3.63) is 77.6 Å². The molecule has 62 heavy (non-hydrogen) atoms. The second-order valence-corrected chi connectivity index (χ2v) is 17.1. The lowest BCUT2D eigenvalue weighted by atomic mass is 9.85. The first kappa shape index (κ1) is 41.5. The van der Waals surface area contributed by atoms with Gasteiger partial charge in [-0.15, -0.1) is 0 Å². The average Bonchev–Trinajstić information content (AvgIpc) is 3.90. The minimum atomic E-state index is -2.86. The number of ether oxygens (including phenoxy) is 1. The first-order valence-corrected chi connectivity index (χ1v) is 21.6. The number of imide groups is 1. The number of hydrogen-bond donors (Lipinski definition) is 2. The number of aromatic nitrogens is 6. The van der Waals surface area contributed by atoms with Crippen LogP contribution in [0.4, 0.5) is 20.3 Å². The first-order chi connectivity index (χ1) is 30.1. The van der Waals surface area contributed by atoms with Gasteiger partial charge in [0, 0.05) is 81.4 Å². The van der Waals surface area contributed by atoms with E-state index < -0.39 is 23.9 Å². The maximum absolute atomic E-state index is 14.3. The molecule has 9 rings (SSSR count). The van der Waals surface area contributed by atoms with Crippen LogP contribution in [0.15, 0.2) is 55.2 Å². The molecule has 2 N–H and O–H groups in total. The third kappa shape index (κ3) is 8.77. The topological polar surface area (TPSA) is 155 Å². The molecule has 0 bridgehead atoms. The van der Waals surface area contributed by atoms with Gasteiger partial charge < -0.3 is 19.9 Å². The quantitative estimate of drug-likeness (QED) is 0.149. The van der Waals surface area contributed by atoms with E-state index >= 15 is 0 Å². The first-order valence-electron chi connectivity index (χ1n) is 21.6. The monoisotopic (exact) mass is 847 g/mol. The molecule has 1 aromatic carbocycles. The summed E-state index contributed by atoms with van der Waals surface area (Å²) in [5.74, 6) is 6.40. The zero-order valence-electron chi connectivity index (χ0n) is 35.0. The van der Waals surface area contributed by atoms with Gasteiger partial charge in [0.25, 0.3) is 12.3 Å². The lowest BCUT2D eigenvalue weighted by Gasteiger charge is -2.37. The number of alkyl halides is 2. The number of hydrogen-bond acceptors (Lipinski definition) is 11. The van der Waals surface area contributed by atoms with Crippen molar-refractivity contribution in [2.75, 3.05) is 62.6 Å². The van der Waals surface area contributed by atoms with Crippen LogP contribution >= 0.6 is 0 Å². The summed E-state index contributed by atoms with van der Waals surface area (Å²) in [4.78, 5) is 54.1. The molecule has 15 nitrogen and oxygen atoms in total. The Labute approximate surface area is 358 Å². The van der Waals surface area contributed by atoms with Gasteiger partial charge in [0.05, 0.1) is 49.1 Å². The number of amides is 3. The van der Waals surface area contributed by atoms with Crippen LogP contribution in [0.2, 0.25) is 0 Å². The number of piperidine rings is 1. The van der Waals surface area contributed by atoms with Crippen molar-refractivity contribution in [2.24, 2.45) is 5.92 Å². The van der Waals surface area contributed by atoms with Crippen LogP contribution in [-0.4, -0.2) is 121 Å². The Bertz CT molecular complexity index is 2530. The Kier molecular flexibility index (Phi) is 12.0. The summed E-state index contributed by atoms with van der Waals surface area (Å²) in [7, 11) is 0. The molecule has 324 valence electrons. The van der Waals surface area contributed by atoms with Gasteiger partial charge >= 0.3 is 0 Å². The molecular weight excluding hydrogens is 797 g/mol. The van der Waals surface area contributed by atoms with E-state index in [0.29, 0.717) is 49.9 Å². The molecule has 4 aliphatic rings. The maximum atomic E-state index is 14.3. The molecule has 1 aliphatic carbocycles. The summed E-state index contributed by atoms with van der Waals surface area (Å²) < 4.78 is 37.5. The zero-order chi connectivity index (χ0) is 42.9. The van der Waals surface area contributed by atoms with Gasteiger partial charge in [0.1, 0.15) is 11.4 Å². The third-order valence-electron chi connectivity index (χ3n) is 12.9. The van der Waals surface area contributed by atoms with E-state index in [1.807, 2.05) is 31.2 Å². The van der Waals surface area contributed by atoms with Gasteiger partial charge in [-0.1, -0.05) is 24.0 Å². The van der Waals surface area contributed by atoms with Crippen molar-refractivity contribution in [3.8, 4) is 11.8 Å². The smallest absolute Gasteiger partial charge is 0.284 e. The van der Waals surface area contributed by atoms with E-state index in [1.165, 1.54) is 10.7 Å². The summed E-state index contributed by atoms with van der Waals surface area (Å²) in [6, 6.07) is 7.82. The molecule has 7 heterocycles. The van der Waals surface area contributed by atoms with E-state index in [4.69, 9.17) is 9.72 Å². The predicted octanol–water partition coefficient (Wildman–Crippen LogP) is 5.20. The molecule has 0 radical (unpaired) electrons. The SMILES string of the molecule is CC1CN(c2ccn3ncc(C(=O)Nc4cn(C5CCC(CN6CCN(CC#Cc7cccc8c(C9CCC(=O)NC9=O)cncc78)CC6)CC5)nc4C(F)F)c3n2)[C@H](C)CO1. The highest BCUT2D eigenvalue weighted by atomic mass is 19.3. The van der Waals surface area contributed by atoms with Crippen molar-refractivity contribution >= 4 is 45.6 Å². The van der Waals surface area contributed by atoms with Crippen LogP contribution in [-0.2, 0) is 14.3 Å². The summed E-state index contributed by atoms with van der Waals surface area (Å²) in [6.45, 7) is 10.6. The second-order valence-electron chi connectivity index (χ2n) is 17.1. The van der Waals surface area contributed by atoms with Crippen molar-refractivity contribution in [1.29, 1.82) is 0 Å². The van der Waals surface area contributed by atoms with Crippen LogP contribution in [0.25, 0.3) is 16.4 Å². The minimum absolute atomic E-state index is 0.00569. The zero-order valence-corrected chi connectivity index (χ0v) is 35.0. The van der Waals surface area contributed by atoms with Crippen LogP contribution in [0, 0.1) is 17.8 Å². The fourth-order valence-corrected chi connectivity index (χ4v) is 9.37. The number of morpholine rings is 1. The fourth-order valence-electron chi connectivity index (χ4n) is 9.37. The molecule has 3 amide bonds. The Balaban J connectivity index is 0.765. The number of carbonyl (C=O) groups excluding carboxylic acids is 3. The number of piperazine rings is 1. The lowest BCUT2D eigenvalue weighted by molar-refractivity contribution is -0.134. The van der Waals surface area contributed by atoms with Gasteiger partial charge in [0.2, 0.25) is 11.8 Å². The molecule has 0 spiro atoms. The highest BCUT2D eigenvalue weighted by Gasteiger charge is 2.32. The van der Waals surface area contributed by atoms with Gasteiger partial charge in [-0.3, -0.25) is 34.3 Å². The Hall–Kier alpha value is -5.83. The lowest BCUT2D eigenvalue weighted by Crippen LogP contribution is -2.48. The number of nitrogens with one attached hydrogen (secondary N) is 2. The number of fused-ring (bicyclic) bond motifs is 2. The van der Waals surface area contributed by atoms with Crippen LogP contribution in [0.1, 0.15) is 97.9 Å². The van der Waals surface area contributed by atoms with Gasteiger partial charge in [0.15, 0.2) is 11.3 Å². The molecule has 3 atom stereocenters. The molecule has 2 unspecified atom stereocenters. The third-order valence-corrected chi connectivity index (χ3v) is 12.9. The van der Waals surface area contributed by atoms with Crippen LogP contribution < -0.4 is 15.5 Å². The number of anilines is 2. The fraction of sp³-hybridized carbons (Fsp3) is 0.489. The molecule has 4 aromatic heterocycles. The number of carbonyl (C=O) groups is 3. The van der Waals surface area contributed by atoms with Gasteiger partial charge in [-0.2, -0.15) is 10.2 Å². The summed E-state index contributed by atoms with van der Waals surface area (Å²) in [5, 5.41) is 15.6. The molecule has 17 heteroatoms. The van der Waals surface area contributed by atoms with Crippen LogP contribution in [0.3, 0.4) is 0 Å². The van der Waals surface area contributed by atoms with E-state index in [2.05, 4.69) is 59.3 Å². The molecule has 1 saturated carbocycles. The highest BCUT2D eigenvalue weighted by Crippen LogP contribution is 2.36. The number of rotatable bonds is 9. The normalized spacial score (nSPS) is 24.0. The van der Waals surface area contributed by atoms with Gasteiger partial charge in [-0.25, -0.2) is 18.3 Å².